The van der Waals surface area contributed by atoms with Crippen molar-refractivity contribution in [1.82, 2.24) is 4.90 Å². The number of nitrogens with two attached hydrogens (primary N) is 1. The zero-order chi connectivity index (χ0) is 12.6. The Morgan fingerprint density at radius 2 is 2.33 bits per heavy atom. The third-order valence-corrected chi connectivity index (χ3v) is 4.70. The minimum atomic E-state index is 0.112. The highest BCUT2D eigenvalue weighted by Gasteiger charge is 2.45. The summed E-state index contributed by atoms with van der Waals surface area (Å²) in [5.41, 5.74) is 8.76. The molecule has 3 unspecified atom stereocenters. The summed E-state index contributed by atoms with van der Waals surface area (Å²) >= 11 is 0. The molecule has 1 aromatic rings. The molecule has 18 heavy (non-hydrogen) atoms. The summed E-state index contributed by atoms with van der Waals surface area (Å²) in [6.07, 6.45) is 2.46. The van der Waals surface area contributed by atoms with E-state index < -0.39 is 0 Å². The Morgan fingerprint density at radius 3 is 3.11 bits per heavy atom. The SMILES string of the molecule is Cc1cccc(NC2(CN)CCN3CCC2C3)c1. The van der Waals surface area contributed by atoms with E-state index in [4.69, 9.17) is 5.73 Å². The van der Waals surface area contributed by atoms with Gasteiger partial charge in [-0.05, 0) is 49.9 Å². The maximum absolute atomic E-state index is 6.13. The molecule has 0 spiro atoms. The summed E-state index contributed by atoms with van der Waals surface area (Å²) in [7, 11) is 0. The molecule has 3 nitrogen and oxygen atoms in total. The maximum atomic E-state index is 6.13. The van der Waals surface area contributed by atoms with Crippen LogP contribution in [-0.2, 0) is 0 Å². The van der Waals surface area contributed by atoms with Crippen molar-refractivity contribution in [1.29, 1.82) is 0 Å². The Balaban J connectivity index is 1.83. The van der Waals surface area contributed by atoms with Gasteiger partial charge in [0.15, 0.2) is 0 Å². The molecule has 0 radical (unpaired) electrons. The number of fused-ring (bicyclic) bond motifs is 2. The molecular formula is C15H23N3. The molecule has 2 heterocycles. The second kappa shape index (κ2) is 4.56. The van der Waals surface area contributed by atoms with E-state index in [0.29, 0.717) is 5.92 Å². The summed E-state index contributed by atoms with van der Waals surface area (Å²) in [4.78, 5) is 2.57. The average Bonchev–Trinajstić information content (AvgIpc) is 2.78. The molecule has 2 saturated heterocycles. The number of anilines is 1. The smallest absolute Gasteiger partial charge is 0.0548 e. The molecule has 3 rings (SSSR count). The van der Waals surface area contributed by atoms with Gasteiger partial charge >= 0.3 is 0 Å². The van der Waals surface area contributed by atoms with Gasteiger partial charge in [0, 0.05) is 25.3 Å². The van der Waals surface area contributed by atoms with E-state index >= 15 is 0 Å². The van der Waals surface area contributed by atoms with Gasteiger partial charge in [-0.2, -0.15) is 0 Å². The molecule has 1 aromatic carbocycles. The normalized spacial score (nSPS) is 34.6. The number of rotatable bonds is 3. The number of aryl methyl sites for hydroxylation is 1. The molecule has 2 bridgehead atoms. The van der Waals surface area contributed by atoms with Crippen molar-refractivity contribution in [3.63, 3.8) is 0 Å². The standard InChI is InChI=1S/C15H23N3/c1-12-3-2-4-14(9-12)17-15(11-16)6-8-18-7-5-13(15)10-18/h2-4,9,13,17H,5-8,10-11,16H2,1H3. The molecule has 3 N–H and O–H groups in total. The molecule has 3 heteroatoms. The second-order valence-electron chi connectivity index (χ2n) is 5.89. The van der Waals surface area contributed by atoms with Gasteiger partial charge in [0.1, 0.15) is 0 Å². The summed E-state index contributed by atoms with van der Waals surface area (Å²) in [6, 6.07) is 8.63. The van der Waals surface area contributed by atoms with Crippen LogP contribution in [0.4, 0.5) is 5.69 Å². The number of nitrogens with zero attached hydrogens (tertiary/aromatic N) is 1. The predicted octanol–water partition coefficient (Wildman–Crippen LogP) is 1.83. The van der Waals surface area contributed by atoms with Gasteiger partial charge < -0.3 is 16.0 Å². The Morgan fingerprint density at radius 1 is 1.44 bits per heavy atom. The zero-order valence-corrected chi connectivity index (χ0v) is 11.2. The molecule has 98 valence electrons. The van der Waals surface area contributed by atoms with Gasteiger partial charge in [0.2, 0.25) is 0 Å². The minimum Gasteiger partial charge on any atom is -0.378 e. The Kier molecular flexibility index (Phi) is 3.04. The lowest BCUT2D eigenvalue weighted by atomic mass is 9.78. The minimum absolute atomic E-state index is 0.112. The molecular weight excluding hydrogens is 222 g/mol. The van der Waals surface area contributed by atoms with Gasteiger partial charge in [-0.15, -0.1) is 0 Å². The number of nitrogens with one attached hydrogen (secondary N) is 1. The first-order valence-electron chi connectivity index (χ1n) is 6.99. The summed E-state index contributed by atoms with van der Waals surface area (Å²) < 4.78 is 0. The quantitative estimate of drug-likeness (QED) is 0.853. The number of piperidine rings is 1. The lowest BCUT2D eigenvalue weighted by molar-refractivity contribution is 0.190. The first-order valence-corrected chi connectivity index (χ1v) is 6.99. The summed E-state index contributed by atoms with van der Waals surface area (Å²) in [6.45, 7) is 6.53. The highest BCUT2D eigenvalue weighted by atomic mass is 15.2. The molecule has 0 aromatic heterocycles. The third-order valence-electron chi connectivity index (χ3n) is 4.70. The average molecular weight is 245 g/mol. The Bertz CT molecular complexity index is 432. The van der Waals surface area contributed by atoms with Crippen molar-refractivity contribution in [3.8, 4) is 0 Å². The van der Waals surface area contributed by atoms with Gasteiger partial charge in [0.05, 0.1) is 5.54 Å². The zero-order valence-electron chi connectivity index (χ0n) is 11.2. The Hall–Kier alpha value is -1.06. The van der Waals surface area contributed by atoms with Crippen LogP contribution < -0.4 is 11.1 Å². The topological polar surface area (TPSA) is 41.3 Å². The van der Waals surface area contributed by atoms with Crippen LogP contribution in [0.1, 0.15) is 18.4 Å². The number of hydrogen-bond donors (Lipinski definition) is 2. The van der Waals surface area contributed by atoms with Crippen LogP contribution in [0.3, 0.4) is 0 Å². The molecule has 0 aliphatic carbocycles. The van der Waals surface area contributed by atoms with Crippen molar-refractivity contribution in [2.45, 2.75) is 25.3 Å². The van der Waals surface area contributed by atoms with E-state index in [0.717, 1.165) is 6.54 Å². The van der Waals surface area contributed by atoms with Crippen LogP contribution in [-0.4, -0.2) is 36.6 Å². The number of hydrogen-bond acceptors (Lipinski definition) is 3. The molecule has 3 atom stereocenters. The fourth-order valence-corrected chi connectivity index (χ4v) is 3.54. The van der Waals surface area contributed by atoms with Crippen molar-refractivity contribution in [3.05, 3.63) is 29.8 Å². The van der Waals surface area contributed by atoms with Gasteiger partial charge in [-0.1, -0.05) is 12.1 Å². The highest BCUT2D eigenvalue weighted by molar-refractivity contribution is 5.48. The summed E-state index contributed by atoms with van der Waals surface area (Å²) in [5.74, 6) is 0.705. The number of benzene rings is 1. The maximum Gasteiger partial charge on any atom is 0.0548 e. The fraction of sp³-hybridized carbons (Fsp3) is 0.600. The lowest BCUT2D eigenvalue weighted by Gasteiger charge is -2.43. The first-order chi connectivity index (χ1) is 8.72. The van der Waals surface area contributed by atoms with E-state index in [1.54, 1.807) is 0 Å². The van der Waals surface area contributed by atoms with Crippen LogP contribution in [0, 0.1) is 12.8 Å². The summed E-state index contributed by atoms with van der Waals surface area (Å²) in [5, 5.41) is 3.76. The van der Waals surface area contributed by atoms with E-state index in [1.807, 2.05) is 0 Å². The van der Waals surface area contributed by atoms with E-state index in [9.17, 15) is 0 Å². The molecule has 2 aliphatic rings. The fourth-order valence-electron chi connectivity index (χ4n) is 3.54. The van der Waals surface area contributed by atoms with Crippen molar-refractivity contribution < 1.29 is 0 Å². The molecule has 2 fully saturated rings. The Labute approximate surface area is 109 Å². The van der Waals surface area contributed by atoms with Gasteiger partial charge in [-0.3, -0.25) is 0 Å². The van der Waals surface area contributed by atoms with E-state index in [1.165, 1.54) is 43.7 Å². The van der Waals surface area contributed by atoms with Crippen LogP contribution in [0.2, 0.25) is 0 Å². The van der Waals surface area contributed by atoms with Crippen LogP contribution in [0.15, 0.2) is 24.3 Å². The third kappa shape index (κ3) is 2.02. The largest absolute Gasteiger partial charge is 0.378 e. The van der Waals surface area contributed by atoms with Crippen LogP contribution in [0.5, 0.6) is 0 Å². The van der Waals surface area contributed by atoms with Crippen LogP contribution in [0.25, 0.3) is 0 Å². The monoisotopic (exact) mass is 245 g/mol. The van der Waals surface area contributed by atoms with Gasteiger partial charge in [0.25, 0.3) is 0 Å². The van der Waals surface area contributed by atoms with Crippen molar-refractivity contribution in [2.24, 2.45) is 11.7 Å². The molecule has 0 saturated carbocycles. The first kappa shape index (κ1) is 12.0. The van der Waals surface area contributed by atoms with E-state index in [2.05, 4.69) is 41.4 Å². The highest BCUT2D eigenvalue weighted by Crippen LogP contribution is 2.37. The second-order valence-corrected chi connectivity index (χ2v) is 5.89. The van der Waals surface area contributed by atoms with E-state index in [-0.39, 0.29) is 5.54 Å². The predicted molar refractivity (Wildman–Crippen MR) is 75.8 cm³/mol. The van der Waals surface area contributed by atoms with Crippen molar-refractivity contribution in [2.75, 3.05) is 31.5 Å². The van der Waals surface area contributed by atoms with Gasteiger partial charge in [-0.25, -0.2) is 0 Å². The molecule has 2 aliphatic heterocycles. The van der Waals surface area contributed by atoms with Crippen LogP contribution >= 0.6 is 0 Å². The molecule has 0 amide bonds. The lowest BCUT2D eigenvalue weighted by Crippen LogP contribution is -2.56. The van der Waals surface area contributed by atoms with Crippen molar-refractivity contribution >= 4 is 5.69 Å².